The first kappa shape index (κ1) is 43.6. The quantitative estimate of drug-likeness (QED) is 0.0470. The van der Waals surface area contributed by atoms with Crippen molar-refractivity contribution >= 4 is 35.1 Å². The summed E-state index contributed by atoms with van der Waals surface area (Å²) < 4.78 is 23.9. The first-order chi connectivity index (χ1) is 27.5. The van der Waals surface area contributed by atoms with Gasteiger partial charge in [-0.1, -0.05) is 56.3 Å². The Hall–Kier alpha value is -4.48. The smallest absolute Gasteiger partial charge is 0.235 e. The summed E-state index contributed by atoms with van der Waals surface area (Å²) in [6.07, 6.45) is 16.6. The lowest BCUT2D eigenvalue weighted by molar-refractivity contribution is -0.187. The fraction of sp³-hybridized carbons (Fsp3) is 0.489. The largest absolute Gasteiger partial charge is 0.493 e. The Labute approximate surface area is 338 Å². The van der Waals surface area contributed by atoms with Gasteiger partial charge in [-0.25, -0.2) is 0 Å². The maximum absolute atomic E-state index is 13.4. The van der Waals surface area contributed by atoms with E-state index in [1.165, 1.54) is 24.3 Å². The maximum Gasteiger partial charge on any atom is 0.235 e. The van der Waals surface area contributed by atoms with E-state index in [4.69, 9.17) is 30.4 Å². The number of benzene rings is 3. The zero-order valence-corrected chi connectivity index (χ0v) is 33.7. The number of anilines is 2. The second kappa shape index (κ2) is 21.9. The van der Waals surface area contributed by atoms with E-state index in [1.807, 2.05) is 36.4 Å². The van der Waals surface area contributed by atoms with E-state index in [1.54, 1.807) is 24.3 Å². The van der Waals surface area contributed by atoms with Gasteiger partial charge in [0.05, 0.1) is 31.3 Å². The van der Waals surface area contributed by atoms with Gasteiger partial charge in [-0.15, -0.1) is 0 Å². The molecule has 2 aliphatic carbocycles. The molecule has 1 atom stereocenters. The van der Waals surface area contributed by atoms with E-state index < -0.39 is 29.7 Å². The fourth-order valence-corrected chi connectivity index (χ4v) is 7.58. The minimum atomic E-state index is -2.95. The Morgan fingerprint density at radius 3 is 1.63 bits per heavy atom. The van der Waals surface area contributed by atoms with E-state index in [0.29, 0.717) is 48.5 Å². The average Bonchev–Trinajstić information content (AvgIpc) is 3.22. The summed E-state index contributed by atoms with van der Waals surface area (Å²) in [5.74, 6) is -3.28. The van der Waals surface area contributed by atoms with Crippen LogP contribution >= 0.6 is 0 Å². The molecule has 3 aromatic rings. The lowest BCUT2D eigenvalue weighted by Crippen LogP contribution is -2.44. The van der Waals surface area contributed by atoms with Crippen molar-refractivity contribution in [1.82, 2.24) is 0 Å². The zero-order chi connectivity index (χ0) is 40.6. The van der Waals surface area contributed by atoms with Crippen molar-refractivity contribution in [3.05, 3.63) is 95.6 Å². The van der Waals surface area contributed by atoms with Crippen molar-refractivity contribution in [1.29, 1.82) is 0 Å². The summed E-state index contributed by atoms with van der Waals surface area (Å²) in [6.45, 7) is 7.17. The van der Waals surface area contributed by atoms with Crippen molar-refractivity contribution in [2.45, 2.75) is 108 Å². The van der Waals surface area contributed by atoms with Gasteiger partial charge < -0.3 is 40.6 Å². The summed E-state index contributed by atoms with van der Waals surface area (Å²) in [5.41, 5.74) is 14.3. The van der Waals surface area contributed by atoms with E-state index >= 15 is 0 Å². The average molecular weight is 783 g/mol. The van der Waals surface area contributed by atoms with Crippen LogP contribution in [0.3, 0.4) is 0 Å². The first-order valence-electron chi connectivity index (χ1n) is 20.8. The minimum Gasteiger partial charge on any atom is -0.493 e. The maximum atomic E-state index is 13.4. The lowest BCUT2D eigenvalue weighted by Gasteiger charge is -2.30. The molecule has 308 valence electrons. The number of nitrogens with two attached hydrogens (primary N) is 2. The van der Waals surface area contributed by atoms with Crippen molar-refractivity contribution in [3.63, 3.8) is 0 Å². The van der Waals surface area contributed by atoms with Crippen molar-refractivity contribution in [2.24, 2.45) is 11.8 Å². The van der Waals surface area contributed by atoms with Crippen molar-refractivity contribution in [3.8, 4) is 11.5 Å². The summed E-state index contributed by atoms with van der Waals surface area (Å²) in [6, 6.07) is 19.2. The molecule has 0 bridgehead atoms. The molecule has 2 aliphatic rings. The van der Waals surface area contributed by atoms with Gasteiger partial charge in [-0.3, -0.25) is 9.59 Å². The van der Waals surface area contributed by atoms with Crippen LogP contribution in [-0.2, 0) is 19.1 Å². The van der Waals surface area contributed by atoms with Crippen LogP contribution in [-0.4, -0.2) is 66.2 Å². The summed E-state index contributed by atoms with van der Waals surface area (Å²) in [4.78, 5) is 26.8. The SMILES string of the molecule is CCCOC1CCC(COc2ccc(C=CC(=O)CC(c3ccc(N)cc3N)C(O)(O)C(=O)C=Cc3ccc(OCC4CCC(OCCC)CC4)cc3)cc2)CC1. The van der Waals surface area contributed by atoms with Crippen LogP contribution in [0.15, 0.2) is 78.9 Å². The third kappa shape index (κ3) is 13.6. The number of carbonyl (C=O) groups is 2. The molecule has 6 N–H and O–H groups in total. The number of carbonyl (C=O) groups excluding carboxylic acids is 2. The Kier molecular flexibility index (Phi) is 16.8. The Morgan fingerprint density at radius 2 is 1.18 bits per heavy atom. The molecule has 57 heavy (non-hydrogen) atoms. The minimum absolute atomic E-state index is 0.142. The van der Waals surface area contributed by atoms with Crippen LogP contribution in [0, 0.1) is 11.8 Å². The predicted octanol–water partition coefficient (Wildman–Crippen LogP) is 8.30. The van der Waals surface area contributed by atoms with Gasteiger partial charge in [0.2, 0.25) is 11.6 Å². The lowest BCUT2D eigenvalue weighted by atomic mass is 9.82. The van der Waals surface area contributed by atoms with Gasteiger partial charge >= 0.3 is 0 Å². The topological polar surface area (TPSA) is 164 Å². The number of aliphatic hydroxyl groups is 2. The summed E-state index contributed by atoms with van der Waals surface area (Å²) in [7, 11) is 0. The van der Waals surface area contributed by atoms with Gasteiger partial charge in [0.1, 0.15) is 11.5 Å². The second-order valence-corrected chi connectivity index (χ2v) is 15.7. The van der Waals surface area contributed by atoms with Crippen LogP contribution in [0.1, 0.15) is 107 Å². The number of hydrogen-bond donors (Lipinski definition) is 4. The Bertz CT molecular complexity index is 1750. The molecule has 0 spiro atoms. The molecule has 5 rings (SSSR count). The molecule has 0 amide bonds. The highest BCUT2D eigenvalue weighted by atomic mass is 16.5. The van der Waals surface area contributed by atoms with Crippen LogP contribution in [0.25, 0.3) is 12.2 Å². The Balaban J connectivity index is 1.15. The number of hydrogen-bond acceptors (Lipinski definition) is 10. The first-order valence-corrected chi connectivity index (χ1v) is 20.8. The molecule has 0 aliphatic heterocycles. The van der Waals surface area contributed by atoms with Crippen LogP contribution in [0.5, 0.6) is 11.5 Å². The number of allylic oxidation sites excluding steroid dienone is 1. The number of ether oxygens (including phenoxy) is 4. The molecular formula is C47H62N2O8. The molecule has 2 fully saturated rings. The molecule has 0 radical (unpaired) electrons. The molecule has 1 unspecified atom stereocenters. The fourth-order valence-electron chi connectivity index (χ4n) is 7.58. The summed E-state index contributed by atoms with van der Waals surface area (Å²) in [5, 5.41) is 22.7. The molecule has 2 saturated carbocycles. The number of ketones is 2. The van der Waals surface area contributed by atoms with Crippen molar-refractivity contribution in [2.75, 3.05) is 37.9 Å². The van der Waals surface area contributed by atoms with Crippen LogP contribution in [0.4, 0.5) is 11.4 Å². The third-order valence-corrected chi connectivity index (χ3v) is 11.1. The van der Waals surface area contributed by atoms with Crippen LogP contribution < -0.4 is 20.9 Å². The van der Waals surface area contributed by atoms with E-state index in [2.05, 4.69) is 13.8 Å². The van der Waals surface area contributed by atoms with Crippen LogP contribution in [0.2, 0.25) is 0 Å². The number of nitrogen functional groups attached to an aromatic ring is 2. The molecular weight excluding hydrogens is 721 g/mol. The van der Waals surface area contributed by atoms with E-state index in [-0.39, 0.29) is 11.3 Å². The van der Waals surface area contributed by atoms with Gasteiger partial charge in [-0.2, -0.15) is 0 Å². The van der Waals surface area contributed by atoms with E-state index in [9.17, 15) is 19.8 Å². The molecule has 10 nitrogen and oxygen atoms in total. The summed E-state index contributed by atoms with van der Waals surface area (Å²) >= 11 is 0. The Morgan fingerprint density at radius 1 is 0.702 bits per heavy atom. The molecule has 3 aromatic carbocycles. The van der Waals surface area contributed by atoms with Gasteiger partial charge in [0.25, 0.3) is 0 Å². The molecule has 0 saturated heterocycles. The molecule has 0 aromatic heterocycles. The third-order valence-electron chi connectivity index (χ3n) is 11.1. The van der Waals surface area contributed by atoms with Crippen molar-refractivity contribution < 1.29 is 38.7 Å². The van der Waals surface area contributed by atoms with E-state index in [0.717, 1.165) is 101 Å². The molecule has 0 heterocycles. The predicted molar refractivity (Wildman–Crippen MR) is 226 cm³/mol. The highest BCUT2D eigenvalue weighted by Gasteiger charge is 2.43. The normalized spacial score (nSPS) is 20.8. The standard InChI is InChI=1S/C47H62N2O8/c1-3-27-54-39-21-10-35(11-22-39)31-56-41-17-6-33(7-18-41)5-16-38(50)30-44(43-25-15-37(48)29-45(43)49)47(52,53)46(51)26-14-34-8-19-42(20-9-34)57-32-36-12-23-40(24-13-36)55-28-4-2/h5-9,14-20,25-26,29,35-36,39-40,44,52-53H,3-4,10-13,21-24,27-28,30-32,48-49H2,1-2H3. The monoisotopic (exact) mass is 782 g/mol. The zero-order valence-electron chi connectivity index (χ0n) is 33.7. The second-order valence-electron chi connectivity index (χ2n) is 15.7. The number of rotatable bonds is 21. The van der Waals surface area contributed by atoms with Gasteiger partial charge in [0, 0.05) is 31.0 Å². The van der Waals surface area contributed by atoms with Gasteiger partial charge in [0.15, 0.2) is 5.78 Å². The highest BCUT2D eigenvalue weighted by Crippen LogP contribution is 2.36. The highest BCUT2D eigenvalue weighted by molar-refractivity contribution is 6.01. The van der Waals surface area contributed by atoms with Gasteiger partial charge in [-0.05, 0) is 141 Å². The molecule has 10 heteroatoms.